The average Bonchev–Trinajstić information content (AvgIpc) is 1.14. The molecule has 7 fully saturated rings. The number of amides is 3. The Bertz CT molecular complexity index is 2170. The van der Waals surface area contributed by atoms with Crippen molar-refractivity contribution in [1.82, 2.24) is 16.0 Å². The molecule has 22 N–H and O–H groups in total. The van der Waals surface area contributed by atoms with Crippen molar-refractivity contribution in [1.29, 1.82) is 0 Å². The first-order valence-electron chi connectivity index (χ1n) is 27.5. The second-order valence-corrected chi connectivity index (χ2v) is 21.8. The largest absolute Gasteiger partial charge is 0.394 e. The molecule has 3 amide bonds. The normalized spacial score (nSPS) is 49.4. The van der Waals surface area contributed by atoms with Gasteiger partial charge in [-0.25, -0.2) is 0 Å². The Labute approximate surface area is 488 Å². The third kappa shape index (κ3) is 15.4. The zero-order valence-electron chi connectivity index (χ0n) is 46.5. The molecule has 7 saturated heterocycles. The first-order chi connectivity index (χ1) is 40.6. The smallest absolute Gasteiger partial charge is 0.217 e. The van der Waals surface area contributed by atoms with Gasteiger partial charge in [0.1, 0.15) is 165 Å². The lowest BCUT2D eigenvalue weighted by molar-refractivity contribution is -0.388. The van der Waals surface area contributed by atoms with Crippen LogP contribution in [-0.4, -0.2) is 369 Å². The van der Waals surface area contributed by atoms with Gasteiger partial charge in [0.25, 0.3) is 0 Å². The summed E-state index contributed by atoms with van der Waals surface area (Å²) in [5.41, 5.74) is 0. The molecule has 7 rings (SSSR count). The molecule has 86 heavy (non-hydrogen) atoms. The molecule has 0 aromatic heterocycles. The zero-order valence-corrected chi connectivity index (χ0v) is 46.5. The quantitative estimate of drug-likeness (QED) is 0.0507. The maximum atomic E-state index is 13.2. The molecule has 0 aromatic carbocycles. The van der Waals surface area contributed by atoms with E-state index in [4.69, 9.17) is 61.6 Å². The SMILES string of the molecule is CC(=O)N[C@@H]1[C@@H](O[C@@H]2O[C@H](CO)[C@H](O)[C@H](O)[C@H]2O)[C@@H](O)[C@@H](CO[C@@H]2O[C@H](CO)[C@@H](O[C@@H]3O[C@H](CO)[C@H](O)[C@H](O[C@@H]4O[C@H](CO)[C@@H](O[C@@H]5O[C@H](CO)[C@H](O)[C@H](O)[C@H]5O)[C@H](O)[C@H]4NC(C)=O)[C@H]3O)[C@H](O[C@@H]3O[C@@H](C)[C@@H](O)[C@@H](O)[C@@H]3O)[C@H]2NC(C)=O)O[C@@H]1O. The van der Waals surface area contributed by atoms with Crippen molar-refractivity contribution in [3.63, 3.8) is 0 Å². The fourth-order valence-electron chi connectivity index (χ4n) is 11.0. The van der Waals surface area contributed by atoms with Crippen LogP contribution in [0, 0.1) is 0 Å². The standard InChI is InChI=1S/C48H81N3O35/c1-11-24(60)30(66)33(69)45(75-11)85-40-23(51-14(4)59)43(74-10-20-28(64)39(22(42(73)76-20)50-13(3)58)84-47-35(71)32(68)26(62)16(6-53)78-47)80-19(9-56)38(40)83-48-36(72)41(27(63)17(7-54)79-48)86-44-21(49-12(2)57)29(65)37(18(8-55)81-44)82-46-34(70)31(67)25(61)15(5-52)77-46/h11,15-48,52-56,60-73H,5-10H2,1-4H3,(H,49,57)(H,50,58)(H,51,59)/t11-,15+,16+,17+,18+,19+,20+,21+,22+,23+,24+,25-,26-,27-,28-,29+,30+,31-,32-,33-,34+,35+,36+,37+,38+,39+,40+,41-,42-,43+,44-,45-,46-,47-,48-/m0/s1. The summed E-state index contributed by atoms with van der Waals surface area (Å²) in [5, 5.41) is 213. The van der Waals surface area contributed by atoms with E-state index in [-0.39, 0.29) is 0 Å². The van der Waals surface area contributed by atoms with Crippen molar-refractivity contribution in [3.8, 4) is 0 Å². The van der Waals surface area contributed by atoms with E-state index in [0.29, 0.717) is 0 Å². The van der Waals surface area contributed by atoms with Gasteiger partial charge in [-0.15, -0.1) is 0 Å². The molecule has 0 spiro atoms. The van der Waals surface area contributed by atoms with Gasteiger partial charge in [-0.3, -0.25) is 14.4 Å². The third-order valence-corrected chi connectivity index (χ3v) is 15.7. The number of aliphatic hydroxyl groups excluding tert-OH is 19. The molecule has 7 aliphatic rings. The van der Waals surface area contributed by atoms with Crippen molar-refractivity contribution >= 4 is 17.7 Å². The van der Waals surface area contributed by atoms with Gasteiger partial charge in [0.2, 0.25) is 17.7 Å². The number of rotatable bonds is 21. The number of carbonyl (C=O) groups excluding carboxylic acids is 3. The number of hydrogen-bond acceptors (Lipinski definition) is 35. The molecule has 0 radical (unpaired) electrons. The fraction of sp³-hybridized carbons (Fsp3) is 0.938. The molecular weight excluding hydrogens is 1180 g/mol. The topological polar surface area (TPSA) is 592 Å². The Morgan fingerprint density at radius 2 is 0.698 bits per heavy atom. The van der Waals surface area contributed by atoms with E-state index in [9.17, 15) is 111 Å². The molecule has 498 valence electrons. The molecule has 0 aromatic rings. The van der Waals surface area contributed by atoms with Gasteiger partial charge in [0.05, 0.1) is 45.7 Å². The first kappa shape index (κ1) is 70.6. The number of carbonyl (C=O) groups is 3. The van der Waals surface area contributed by atoms with E-state index in [1.807, 2.05) is 0 Å². The van der Waals surface area contributed by atoms with Crippen LogP contribution in [0.1, 0.15) is 27.7 Å². The highest BCUT2D eigenvalue weighted by Crippen LogP contribution is 2.38. The number of hydrogen-bond donors (Lipinski definition) is 22. The summed E-state index contributed by atoms with van der Waals surface area (Å²) in [5.74, 6) is -2.54. The maximum Gasteiger partial charge on any atom is 0.217 e. The van der Waals surface area contributed by atoms with Crippen molar-refractivity contribution in [2.24, 2.45) is 0 Å². The second kappa shape index (κ2) is 30.5. The molecular formula is C48H81N3O35. The molecule has 0 unspecified atom stereocenters. The van der Waals surface area contributed by atoms with Gasteiger partial charge >= 0.3 is 0 Å². The molecule has 38 heteroatoms. The number of aliphatic hydroxyl groups is 19. The predicted octanol–water partition coefficient (Wildman–Crippen LogP) is -14.8. The summed E-state index contributed by atoms with van der Waals surface area (Å²) >= 11 is 0. The Kier molecular flexibility index (Phi) is 25.0. The van der Waals surface area contributed by atoms with E-state index < -0.39 is 272 Å². The monoisotopic (exact) mass is 1260 g/mol. The molecule has 0 saturated carbocycles. The van der Waals surface area contributed by atoms with E-state index in [1.165, 1.54) is 6.92 Å². The second-order valence-electron chi connectivity index (χ2n) is 21.8. The fourth-order valence-corrected chi connectivity index (χ4v) is 11.0. The summed E-state index contributed by atoms with van der Waals surface area (Å²) in [6, 6.07) is -5.26. The van der Waals surface area contributed by atoms with Crippen molar-refractivity contribution < 1.29 is 173 Å². The van der Waals surface area contributed by atoms with Crippen LogP contribution in [0.2, 0.25) is 0 Å². The summed E-state index contributed by atoms with van der Waals surface area (Å²) in [6.45, 7) is -1.61. The Morgan fingerprint density at radius 3 is 1.21 bits per heavy atom. The van der Waals surface area contributed by atoms with Crippen LogP contribution in [0.25, 0.3) is 0 Å². The van der Waals surface area contributed by atoms with E-state index in [2.05, 4.69) is 16.0 Å². The molecule has 38 nitrogen and oxygen atoms in total. The van der Waals surface area contributed by atoms with Crippen LogP contribution >= 0.6 is 0 Å². The molecule has 0 aliphatic carbocycles. The summed E-state index contributed by atoms with van der Waals surface area (Å²) < 4.78 is 76.2. The minimum atomic E-state index is -2.31. The Hall–Kier alpha value is -2.87. The lowest BCUT2D eigenvalue weighted by Crippen LogP contribution is -2.71. The first-order valence-corrected chi connectivity index (χ1v) is 27.5. The summed E-state index contributed by atoms with van der Waals surface area (Å²) in [6.07, 6.45) is -60.9. The predicted molar refractivity (Wildman–Crippen MR) is 265 cm³/mol. The highest BCUT2D eigenvalue weighted by Gasteiger charge is 2.59. The van der Waals surface area contributed by atoms with Crippen LogP contribution < -0.4 is 16.0 Å². The van der Waals surface area contributed by atoms with Crippen molar-refractivity contribution in [2.75, 3.05) is 39.6 Å². The van der Waals surface area contributed by atoms with Crippen molar-refractivity contribution in [2.45, 2.75) is 242 Å². The highest BCUT2D eigenvalue weighted by atomic mass is 16.8. The molecule has 7 heterocycles. The summed E-state index contributed by atoms with van der Waals surface area (Å²) in [7, 11) is 0. The number of ether oxygens (including phenoxy) is 13. The zero-order chi connectivity index (χ0) is 63.5. The number of nitrogens with one attached hydrogen (secondary N) is 3. The van der Waals surface area contributed by atoms with Crippen molar-refractivity contribution in [3.05, 3.63) is 0 Å². The lowest BCUT2D eigenvalue weighted by atomic mass is 9.93. The van der Waals surface area contributed by atoms with Gasteiger partial charge in [-0.2, -0.15) is 0 Å². The van der Waals surface area contributed by atoms with Crippen LogP contribution in [0.5, 0.6) is 0 Å². The molecule has 7 aliphatic heterocycles. The van der Waals surface area contributed by atoms with Gasteiger partial charge < -0.3 is 175 Å². The molecule has 35 atom stereocenters. The Morgan fingerprint density at radius 1 is 0.326 bits per heavy atom. The average molecular weight is 1260 g/mol. The highest BCUT2D eigenvalue weighted by molar-refractivity contribution is 5.74. The van der Waals surface area contributed by atoms with E-state index in [0.717, 1.165) is 20.8 Å². The molecule has 0 bridgehead atoms. The van der Waals surface area contributed by atoms with Gasteiger partial charge in [-0.05, 0) is 6.92 Å². The van der Waals surface area contributed by atoms with Gasteiger partial charge in [0.15, 0.2) is 44.0 Å². The lowest BCUT2D eigenvalue weighted by Gasteiger charge is -2.51. The summed E-state index contributed by atoms with van der Waals surface area (Å²) in [4.78, 5) is 38.1. The minimum absolute atomic E-state index is 0.793. The van der Waals surface area contributed by atoms with Crippen LogP contribution in [0.3, 0.4) is 0 Å². The van der Waals surface area contributed by atoms with Crippen LogP contribution in [0.15, 0.2) is 0 Å². The van der Waals surface area contributed by atoms with Crippen LogP contribution in [-0.2, 0) is 76.0 Å². The maximum absolute atomic E-state index is 13.2. The van der Waals surface area contributed by atoms with E-state index >= 15 is 0 Å². The van der Waals surface area contributed by atoms with E-state index in [1.54, 1.807) is 0 Å². The van der Waals surface area contributed by atoms with Gasteiger partial charge in [0, 0.05) is 20.8 Å². The third-order valence-electron chi connectivity index (χ3n) is 15.7. The Balaban J connectivity index is 1.17. The van der Waals surface area contributed by atoms with Gasteiger partial charge in [-0.1, -0.05) is 0 Å². The van der Waals surface area contributed by atoms with Crippen LogP contribution in [0.4, 0.5) is 0 Å². The minimum Gasteiger partial charge on any atom is -0.394 e.